The molecule has 1 N–H and O–H groups in total. The second-order valence-corrected chi connectivity index (χ2v) is 6.96. The van der Waals surface area contributed by atoms with E-state index in [9.17, 15) is 9.59 Å². The Kier molecular flexibility index (Phi) is 6.28. The molecule has 1 atom stereocenters. The van der Waals surface area contributed by atoms with Gasteiger partial charge in [-0.2, -0.15) is 0 Å². The molecule has 6 nitrogen and oxygen atoms in total. The molecule has 3 heterocycles. The number of halogens is 1. The van der Waals surface area contributed by atoms with Crippen LogP contribution in [0.3, 0.4) is 0 Å². The van der Waals surface area contributed by atoms with Crippen molar-refractivity contribution in [3.8, 4) is 0 Å². The summed E-state index contributed by atoms with van der Waals surface area (Å²) in [6.45, 7) is 5.34. The summed E-state index contributed by atoms with van der Waals surface area (Å²) in [4.78, 5) is 28.0. The van der Waals surface area contributed by atoms with Gasteiger partial charge in [0.2, 0.25) is 11.8 Å². The summed E-state index contributed by atoms with van der Waals surface area (Å²) in [5.74, 6) is 0.641. The van der Waals surface area contributed by atoms with E-state index in [0.717, 1.165) is 52.0 Å². The van der Waals surface area contributed by atoms with Crippen molar-refractivity contribution < 1.29 is 14.3 Å². The van der Waals surface area contributed by atoms with Gasteiger partial charge in [-0.05, 0) is 37.8 Å². The number of nitrogens with zero attached hydrogens (tertiary/aromatic N) is 2. The summed E-state index contributed by atoms with van der Waals surface area (Å²) in [5.41, 5.74) is 0.200. The van der Waals surface area contributed by atoms with E-state index in [1.807, 2.05) is 4.90 Å². The average molecular weight is 346 g/mol. The largest absolute Gasteiger partial charge is 0.384 e. The highest BCUT2D eigenvalue weighted by molar-refractivity contribution is 5.86. The molecule has 7 heteroatoms. The molecule has 0 radical (unpaired) electrons. The van der Waals surface area contributed by atoms with E-state index in [1.165, 1.54) is 0 Å². The van der Waals surface area contributed by atoms with E-state index >= 15 is 0 Å². The zero-order chi connectivity index (χ0) is 15.6. The van der Waals surface area contributed by atoms with Gasteiger partial charge in [0.15, 0.2) is 0 Å². The second-order valence-electron chi connectivity index (χ2n) is 6.96. The van der Waals surface area contributed by atoms with Crippen LogP contribution in [0.1, 0.15) is 25.7 Å². The van der Waals surface area contributed by atoms with Gasteiger partial charge in [0.05, 0.1) is 13.2 Å². The number of nitrogens with one attached hydrogen (secondary N) is 1. The molecule has 3 fully saturated rings. The lowest BCUT2D eigenvalue weighted by Gasteiger charge is -2.38. The Bertz CT molecular complexity index is 440. The summed E-state index contributed by atoms with van der Waals surface area (Å²) in [6, 6.07) is 0. The van der Waals surface area contributed by atoms with Crippen LogP contribution in [0.25, 0.3) is 0 Å². The number of hydrogen-bond donors (Lipinski definition) is 1. The van der Waals surface area contributed by atoms with Crippen LogP contribution in [0.2, 0.25) is 0 Å². The molecule has 1 unspecified atom stereocenters. The van der Waals surface area contributed by atoms with E-state index in [4.69, 9.17) is 4.74 Å². The number of rotatable bonds is 4. The van der Waals surface area contributed by atoms with Crippen molar-refractivity contribution in [3.63, 3.8) is 0 Å². The number of carbonyl (C=O) groups excluding carboxylic acids is 2. The van der Waals surface area contributed by atoms with Crippen molar-refractivity contribution in [2.75, 3.05) is 53.0 Å². The first-order valence-corrected chi connectivity index (χ1v) is 8.40. The molecular weight excluding hydrogens is 318 g/mol. The van der Waals surface area contributed by atoms with Crippen LogP contribution in [-0.2, 0) is 14.3 Å². The molecule has 0 aromatic heterocycles. The predicted molar refractivity (Wildman–Crippen MR) is 89.5 cm³/mol. The molecule has 1 spiro atoms. The lowest BCUT2D eigenvalue weighted by molar-refractivity contribution is -0.138. The van der Waals surface area contributed by atoms with Crippen LogP contribution in [0.15, 0.2) is 0 Å². The topological polar surface area (TPSA) is 61.9 Å². The van der Waals surface area contributed by atoms with Crippen LogP contribution in [0, 0.1) is 11.3 Å². The molecule has 0 bridgehead atoms. The fourth-order valence-electron chi connectivity index (χ4n) is 4.28. The lowest BCUT2D eigenvalue weighted by Crippen LogP contribution is -2.44. The molecule has 0 saturated carbocycles. The molecule has 0 aromatic rings. The monoisotopic (exact) mass is 345 g/mol. The number of ether oxygens (including phenoxy) is 1. The van der Waals surface area contributed by atoms with Crippen LogP contribution >= 0.6 is 12.4 Å². The highest BCUT2D eigenvalue weighted by Crippen LogP contribution is 2.43. The normalized spacial score (nSPS) is 26.7. The Hall–Kier alpha value is -0.850. The third-order valence-electron chi connectivity index (χ3n) is 5.63. The van der Waals surface area contributed by atoms with Gasteiger partial charge in [-0.25, -0.2) is 0 Å². The number of methoxy groups -OCH3 is 1. The average Bonchev–Trinajstić information content (AvgIpc) is 3.06. The zero-order valence-corrected chi connectivity index (χ0v) is 14.7. The van der Waals surface area contributed by atoms with Gasteiger partial charge in [-0.1, -0.05) is 0 Å². The quantitative estimate of drug-likeness (QED) is 0.806. The molecule has 23 heavy (non-hydrogen) atoms. The maximum absolute atomic E-state index is 12.6. The first-order chi connectivity index (χ1) is 10.6. The van der Waals surface area contributed by atoms with E-state index in [2.05, 4.69) is 5.32 Å². The van der Waals surface area contributed by atoms with Crippen molar-refractivity contribution in [3.05, 3.63) is 0 Å². The third kappa shape index (κ3) is 3.80. The van der Waals surface area contributed by atoms with E-state index < -0.39 is 0 Å². The van der Waals surface area contributed by atoms with E-state index in [1.54, 1.807) is 12.0 Å². The van der Waals surface area contributed by atoms with Crippen LogP contribution in [0.5, 0.6) is 0 Å². The standard InChI is InChI=1S/C16H27N3O3.ClH/c1-22-11-13-9-19(12-16(13)4-6-17-7-5-16)15(21)10-18-8-2-3-14(18)20;/h13,17H,2-12H2,1H3;1H. The number of hydrogen-bond acceptors (Lipinski definition) is 4. The fraction of sp³-hybridized carbons (Fsp3) is 0.875. The maximum Gasteiger partial charge on any atom is 0.242 e. The van der Waals surface area contributed by atoms with Crippen molar-refractivity contribution in [2.24, 2.45) is 11.3 Å². The van der Waals surface area contributed by atoms with E-state index in [-0.39, 0.29) is 36.2 Å². The van der Waals surface area contributed by atoms with Crippen LogP contribution in [-0.4, -0.2) is 74.6 Å². The van der Waals surface area contributed by atoms with Gasteiger partial charge >= 0.3 is 0 Å². The minimum atomic E-state index is 0. The van der Waals surface area contributed by atoms with Gasteiger partial charge < -0.3 is 19.9 Å². The Morgan fingerprint density at radius 3 is 2.74 bits per heavy atom. The Balaban J connectivity index is 0.00000192. The Labute approximate surface area is 144 Å². The molecule has 0 aliphatic carbocycles. The number of piperidine rings is 1. The summed E-state index contributed by atoms with van der Waals surface area (Å²) in [7, 11) is 1.74. The van der Waals surface area contributed by atoms with Crippen molar-refractivity contribution in [1.82, 2.24) is 15.1 Å². The van der Waals surface area contributed by atoms with Crippen LogP contribution in [0.4, 0.5) is 0 Å². The minimum absolute atomic E-state index is 0. The number of carbonyl (C=O) groups is 2. The van der Waals surface area contributed by atoms with Crippen molar-refractivity contribution in [1.29, 1.82) is 0 Å². The fourth-order valence-corrected chi connectivity index (χ4v) is 4.28. The van der Waals surface area contributed by atoms with E-state index in [0.29, 0.717) is 18.9 Å². The smallest absolute Gasteiger partial charge is 0.242 e. The molecule has 3 aliphatic rings. The van der Waals surface area contributed by atoms with Crippen molar-refractivity contribution in [2.45, 2.75) is 25.7 Å². The molecular formula is C16H28ClN3O3. The SMILES string of the molecule is COCC1CN(C(=O)CN2CCCC2=O)CC12CCNCC2.Cl. The molecule has 3 rings (SSSR count). The van der Waals surface area contributed by atoms with Crippen LogP contribution < -0.4 is 5.32 Å². The van der Waals surface area contributed by atoms with Crippen molar-refractivity contribution >= 4 is 24.2 Å². The number of likely N-dealkylation sites (tertiary alicyclic amines) is 2. The molecule has 3 saturated heterocycles. The Morgan fingerprint density at radius 2 is 2.13 bits per heavy atom. The zero-order valence-electron chi connectivity index (χ0n) is 13.9. The summed E-state index contributed by atoms with van der Waals surface area (Å²) < 4.78 is 5.41. The summed E-state index contributed by atoms with van der Waals surface area (Å²) in [6.07, 6.45) is 3.68. The molecule has 2 amide bonds. The lowest BCUT2D eigenvalue weighted by atomic mass is 9.71. The van der Waals surface area contributed by atoms with Gasteiger partial charge in [0.1, 0.15) is 0 Å². The first kappa shape index (κ1) is 18.5. The summed E-state index contributed by atoms with van der Waals surface area (Å²) >= 11 is 0. The Morgan fingerprint density at radius 1 is 1.39 bits per heavy atom. The molecule has 3 aliphatic heterocycles. The number of amides is 2. The van der Waals surface area contributed by atoms with Gasteiger partial charge in [0.25, 0.3) is 0 Å². The predicted octanol–water partition coefficient (Wildman–Crippen LogP) is 0.505. The summed E-state index contributed by atoms with van der Waals surface area (Å²) in [5, 5.41) is 3.41. The van der Waals surface area contributed by atoms with Gasteiger partial charge in [0, 0.05) is 39.1 Å². The van der Waals surface area contributed by atoms with Gasteiger partial charge in [-0.3, -0.25) is 9.59 Å². The highest BCUT2D eigenvalue weighted by atomic mass is 35.5. The van der Waals surface area contributed by atoms with Gasteiger partial charge in [-0.15, -0.1) is 12.4 Å². The maximum atomic E-state index is 12.6. The minimum Gasteiger partial charge on any atom is -0.384 e. The second kappa shape index (κ2) is 7.81. The highest BCUT2D eigenvalue weighted by Gasteiger charge is 2.48. The molecule has 0 aromatic carbocycles. The third-order valence-corrected chi connectivity index (χ3v) is 5.63. The molecule has 132 valence electrons. The first-order valence-electron chi connectivity index (χ1n) is 8.40.